The molecule has 0 aliphatic carbocycles. The minimum atomic E-state index is -1.19. The van der Waals surface area contributed by atoms with E-state index in [9.17, 15) is 14.7 Å². The fourth-order valence-electron chi connectivity index (χ4n) is 5.18. The molecule has 2 atom stereocenters. The third kappa shape index (κ3) is 7.83. The number of urea groups is 1. The van der Waals surface area contributed by atoms with E-state index in [4.69, 9.17) is 24.2 Å². The molecule has 0 aromatic heterocycles. The van der Waals surface area contributed by atoms with E-state index in [0.29, 0.717) is 47.3 Å². The van der Waals surface area contributed by atoms with Crippen LogP contribution < -0.4 is 30.3 Å². The standard InChI is InChI=1S/C36H35N5O7/c1-4-46-31-17-26(34-33(35(43)45-3)22(2)39-36(44)40-34)14-16-30(31)48-21-32(42)41-38-19-28-27-8-6-5-7-25(27)13-15-29(28)47-20-24-11-9-23(18-37)10-12-24/h5-17,19,32,34,41-42H,4,20-21H2,1-3H3,(H2,39,40,44)/b38-19+/t32-,34+/m0/s1. The van der Waals surface area contributed by atoms with Crippen molar-refractivity contribution in [2.45, 2.75) is 32.7 Å². The number of rotatable bonds is 13. The van der Waals surface area contributed by atoms with Gasteiger partial charge in [0.2, 0.25) is 0 Å². The van der Waals surface area contributed by atoms with Gasteiger partial charge in [0.15, 0.2) is 17.7 Å². The van der Waals surface area contributed by atoms with Crippen LogP contribution in [0.2, 0.25) is 0 Å². The zero-order chi connectivity index (χ0) is 34.0. The van der Waals surface area contributed by atoms with Crippen molar-refractivity contribution in [1.82, 2.24) is 16.1 Å². The van der Waals surface area contributed by atoms with Crippen molar-refractivity contribution >= 4 is 29.0 Å². The maximum Gasteiger partial charge on any atom is 0.337 e. The number of aliphatic hydroxyl groups is 1. The summed E-state index contributed by atoms with van der Waals surface area (Å²) < 4.78 is 22.7. The van der Waals surface area contributed by atoms with Gasteiger partial charge in [0.1, 0.15) is 19.0 Å². The number of benzene rings is 4. The molecule has 1 heterocycles. The number of carbonyl (C=O) groups excluding carboxylic acids is 2. The molecule has 2 amide bonds. The molecule has 0 fully saturated rings. The van der Waals surface area contributed by atoms with E-state index >= 15 is 0 Å². The van der Waals surface area contributed by atoms with E-state index in [0.717, 1.165) is 21.9 Å². The summed E-state index contributed by atoms with van der Waals surface area (Å²) in [5, 5.41) is 31.3. The summed E-state index contributed by atoms with van der Waals surface area (Å²) in [6.07, 6.45) is 0.399. The third-order valence-corrected chi connectivity index (χ3v) is 7.50. The number of aliphatic hydroxyl groups excluding tert-OH is 1. The minimum absolute atomic E-state index is 0.176. The zero-order valence-corrected chi connectivity index (χ0v) is 26.7. The number of hydrogen-bond donors (Lipinski definition) is 4. The Kier molecular flexibility index (Phi) is 10.7. The number of nitrogens with one attached hydrogen (secondary N) is 3. The first-order valence-corrected chi connectivity index (χ1v) is 15.2. The summed E-state index contributed by atoms with van der Waals surface area (Å²) in [6, 6.07) is 24.7. The quantitative estimate of drug-likeness (QED) is 0.0689. The predicted octanol–water partition coefficient (Wildman–Crippen LogP) is 4.81. The topological polar surface area (TPSA) is 164 Å². The Labute approximate surface area is 277 Å². The van der Waals surface area contributed by atoms with Gasteiger partial charge in [-0.05, 0) is 66.1 Å². The molecule has 0 radical (unpaired) electrons. The number of methoxy groups -OCH3 is 1. The lowest BCUT2D eigenvalue weighted by Gasteiger charge is -2.28. The molecule has 0 saturated heterocycles. The summed E-state index contributed by atoms with van der Waals surface area (Å²) in [7, 11) is 1.27. The first kappa shape index (κ1) is 33.3. The second kappa shape index (κ2) is 15.5. The number of allylic oxidation sites excluding steroid dienone is 1. The molecular formula is C36H35N5O7. The zero-order valence-electron chi connectivity index (χ0n) is 26.7. The van der Waals surface area contributed by atoms with E-state index in [1.54, 1.807) is 43.5 Å². The molecule has 1 aliphatic rings. The summed E-state index contributed by atoms with van der Waals surface area (Å²) in [4.78, 5) is 24.7. The first-order valence-electron chi connectivity index (χ1n) is 15.2. The fraction of sp³-hybridized carbons (Fsp3) is 0.222. The minimum Gasteiger partial charge on any atom is -0.490 e. The fourth-order valence-corrected chi connectivity index (χ4v) is 5.18. The van der Waals surface area contributed by atoms with Crippen LogP contribution in [0.5, 0.6) is 17.2 Å². The molecule has 0 unspecified atom stereocenters. The average Bonchev–Trinajstić information content (AvgIpc) is 3.10. The number of carbonyl (C=O) groups is 2. The lowest BCUT2D eigenvalue weighted by atomic mass is 9.95. The molecule has 12 heteroatoms. The van der Waals surface area contributed by atoms with Crippen LogP contribution in [0.25, 0.3) is 10.8 Å². The van der Waals surface area contributed by atoms with Crippen LogP contribution in [0.15, 0.2) is 95.2 Å². The number of nitriles is 1. The molecule has 0 saturated carbocycles. The van der Waals surface area contributed by atoms with Crippen LogP contribution in [-0.2, 0) is 16.1 Å². The summed E-state index contributed by atoms with van der Waals surface area (Å²) in [5.74, 6) is 0.728. The second-order valence-electron chi connectivity index (χ2n) is 10.7. The predicted molar refractivity (Wildman–Crippen MR) is 178 cm³/mol. The van der Waals surface area contributed by atoms with Crippen LogP contribution in [0.1, 0.15) is 42.1 Å². The summed E-state index contributed by atoms with van der Waals surface area (Å²) >= 11 is 0. The molecule has 1 aliphatic heterocycles. The maximum atomic E-state index is 12.5. The van der Waals surface area contributed by atoms with Gasteiger partial charge in [0.05, 0.1) is 43.2 Å². The Balaban J connectivity index is 1.27. The van der Waals surface area contributed by atoms with Crippen LogP contribution in [-0.4, -0.2) is 49.9 Å². The molecule has 4 aromatic carbocycles. The smallest absolute Gasteiger partial charge is 0.337 e. The van der Waals surface area contributed by atoms with Gasteiger partial charge < -0.3 is 34.7 Å². The molecule has 48 heavy (non-hydrogen) atoms. The number of hydrogen-bond acceptors (Lipinski definition) is 10. The van der Waals surface area contributed by atoms with Crippen molar-refractivity contribution in [2.24, 2.45) is 5.10 Å². The lowest BCUT2D eigenvalue weighted by Crippen LogP contribution is -2.45. The van der Waals surface area contributed by atoms with E-state index in [2.05, 4.69) is 27.2 Å². The Morgan fingerprint density at radius 1 is 1.04 bits per heavy atom. The Morgan fingerprint density at radius 2 is 1.81 bits per heavy atom. The maximum absolute atomic E-state index is 12.5. The van der Waals surface area contributed by atoms with Gasteiger partial charge in [0, 0.05) is 11.3 Å². The molecule has 5 rings (SSSR count). The van der Waals surface area contributed by atoms with Crippen LogP contribution in [0, 0.1) is 11.3 Å². The Morgan fingerprint density at radius 3 is 2.56 bits per heavy atom. The van der Waals surface area contributed by atoms with Crippen molar-refractivity contribution in [1.29, 1.82) is 5.26 Å². The first-order chi connectivity index (χ1) is 23.3. The molecule has 246 valence electrons. The SMILES string of the molecule is CCOc1cc([C@H]2NC(=O)NC(C)=C2C(=O)OC)ccc1OC[C@H](O)N/N=C/c1c(OCc2ccc(C#N)cc2)ccc2ccccc12. The van der Waals surface area contributed by atoms with Crippen molar-refractivity contribution in [3.8, 4) is 23.3 Å². The molecular weight excluding hydrogens is 614 g/mol. The van der Waals surface area contributed by atoms with Crippen molar-refractivity contribution in [3.05, 3.63) is 112 Å². The normalized spacial score (nSPS) is 14.9. The summed E-state index contributed by atoms with van der Waals surface area (Å²) in [5.41, 5.74) is 6.12. The van der Waals surface area contributed by atoms with Gasteiger partial charge in [-0.1, -0.05) is 48.5 Å². The molecule has 4 N–H and O–H groups in total. The second-order valence-corrected chi connectivity index (χ2v) is 10.7. The third-order valence-electron chi connectivity index (χ3n) is 7.50. The Hall–Kier alpha value is -6.06. The van der Waals surface area contributed by atoms with Gasteiger partial charge in [-0.2, -0.15) is 10.4 Å². The van der Waals surface area contributed by atoms with Crippen molar-refractivity contribution < 1.29 is 33.6 Å². The number of nitrogens with zero attached hydrogens (tertiary/aromatic N) is 2. The molecule has 0 spiro atoms. The van der Waals surface area contributed by atoms with Crippen LogP contribution in [0.3, 0.4) is 0 Å². The van der Waals surface area contributed by atoms with Gasteiger partial charge in [-0.25, -0.2) is 9.59 Å². The van der Waals surface area contributed by atoms with Gasteiger partial charge >= 0.3 is 12.0 Å². The van der Waals surface area contributed by atoms with Crippen LogP contribution >= 0.6 is 0 Å². The number of esters is 1. The number of amides is 2. The van der Waals surface area contributed by atoms with Gasteiger partial charge in [0.25, 0.3) is 0 Å². The van der Waals surface area contributed by atoms with Crippen LogP contribution in [0.4, 0.5) is 4.79 Å². The highest BCUT2D eigenvalue weighted by Gasteiger charge is 2.32. The lowest BCUT2D eigenvalue weighted by molar-refractivity contribution is -0.136. The van der Waals surface area contributed by atoms with E-state index in [1.165, 1.54) is 7.11 Å². The number of fused-ring (bicyclic) bond motifs is 1. The highest BCUT2D eigenvalue weighted by molar-refractivity contribution is 6.02. The molecule has 0 bridgehead atoms. The highest BCUT2D eigenvalue weighted by Crippen LogP contribution is 2.35. The van der Waals surface area contributed by atoms with Gasteiger partial charge in [-0.15, -0.1) is 0 Å². The summed E-state index contributed by atoms with van der Waals surface area (Å²) in [6.45, 7) is 3.88. The number of ether oxygens (including phenoxy) is 4. The average molecular weight is 650 g/mol. The molecule has 4 aromatic rings. The van der Waals surface area contributed by atoms with E-state index in [-0.39, 0.29) is 12.2 Å². The largest absolute Gasteiger partial charge is 0.490 e. The molecule has 12 nitrogen and oxygen atoms in total. The highest BCUT2D eigenvalue weighted by atomic mass is 16.5. The van der Waals surface area contributed by atoms with E-state index in [1.807, 2.05) is 55.5 Å². The number of hydrazone groups is 1. The Bertz CT molecular complexity index is 1900. The van der Waals surface area contributed by atoms with Gasteiger partial charge in [-0.3, -0.25) is 5.43 Å². The monoisotopic (exact) mass is 649 g/mol. The van der Waals surface area contributed by atoms with Crippen molar-refractivity contribution in [3.63, 3.8) is 0 Å². The van der Waals surface area contributed by atoms with E-state index < -0.39 is 24.3 Å². The van der Waals surface area contributed by atoms with Crippen molar-refractivity contribution in [2.75, 3.05) is 20.3 Å².